The van der Waals surface area contributed by atoms with Gasteiger partial charge in [-0.3, -0.25) is 0 Å². The fraction of sp³-hybridized carbons (Fsp3) is 0.273. The molecule has 0 aliphatic heterocycles. The summed E-state index contributed by atoms with van der Waals surface area (Å²) in [5, 5.41) is 0. The Hall–Kier alpha value is -1.84. The molecular weight excluding hydrogens is 192 g/mol. The molecule has 0 aliphatic carbocycles. The molecule has 1 rings (SSSR count). The molecule has 0 spiro atoms. The summed E-state index contributed by atoms with van der Waals surface area (Å²) in [7, 11) is 3.06. The summed E-state index contributed by atoms with van der Waals surface area (Å²) in [5.41, 5.74) is 1.56. The van der Waals surface area contributed by atoms with Crippen LogP contribution in [-0.4, -0.2) is 24.2 Å². The Bertz CT molecular complexity index is 386. The molecule has 0 atom stereocenters. The van der Waals surface area contributed by atoms with Crippen molar-refractivity contribution in [2.75, 3.05) is 14.2 Å². The molecule has 0 aliphatic rings. The number of rotatable bonds is 4. The molecular formula is C11H14N2O2. The average molecular weight is 206 g/mol. The number of allylic oxidation sites excluding steroid dienone is 3. The largest absolute Gasteiger partial charge is 0.480 e. The van der Waals surface area contributed by atoms with E-state index in [2.05, 4.69) is 16.5 Å². The van der Waals surface area contributed by atoms with E-state index in [0.717, 1.165) is 11.1 Å². The summed E-state index contributed by atoms with van der Waals surface area (Å²) in [6.07, 6.45) is 5.40. The molecule has 0 radical (unpaired) electrons. The monoisotopic (exact) mass is 206 g/mol. The van der Waals surface area contributed by atoms with Crippen molar-refractivity contribution in [1.82, 2.24) is 9.97 Å². The third kappa shape index (κ3) is 2.56. The molecule has 15 heavy (non-hydrogen) atoms. The van der Waals surface area contributed by atoms with E-state index in [1.54, 1.807) is 13.3 Å². The normalized spacial score (nSPS) is 10.3. The molecule has 0 bridgehead atoms. The minimum Gasteiger partial charge on any atom is -0.480 e. The Morgan fingerprint density at radius 3 is 2.67 bits per heavy atom. The van der Waals surface area contributed by atoms with Gasteiger partial charge in [-0.1, -0.05) is 18.7 Å². The fourth-order valence-corrected chi connectivity index (χ4v) is 1.12. The predicted molar refractivity (Wildman–Crippen MR) is 59.0 cm³/mol. The molecule has 0 fully saturated rings. The van der Waals surface area contributed by atoms with Crippen molar-refractivity contribution >= 4 is 5.57 Å². The minimum absolute atomic E-state index is 0.281. The van der Waals surface area contributed by atoms with Crippen molar-refractivity contribution in [3.05, 3.63) is 30.5 Å². The first-order valence-electron chi connectivity index (χ1n) is 4.50. The van der Waals surface area contributed by atoms with Gasteiger partial charge in [0.1, 0.15) is 0 Å². The zero-order valence-electron chi connectivity index (χ0n) is 9.15. The van der Waals surface area contributed by atoms with E-state index in [1.165, 1.54) is 7.11 Å². The zero-order valence-corrected chi connectivity index (χ0v) is 9.15. The summed E-state index contributed by atoms with van der Waals surface area (Å²) < 4.78 is 10.0. The second kappa shape index (κ2) is 5.14. The molecule has 0 saturated heterocycles. The predicted octanol–water partition coefficient (Wildman–Crippen LogP) is 2.08. The van der Waals surface area contributed by atoms with Crippen molar-refractivity contribution < 1.29 is 9.47 Å². The zero-order chi connectivity index (χ0) is 11.3. The van der Waals surface area contributed by atoms with Crippen LogP contribution < -0.4 is 9.47 Å². The van der Waals surface area contributed by atoms with Crippen molar-refractivity contribution in [1.29, 1.82) is 0 Å². The topological polar surface area (TPSA) is 44.2 Å². The van der Waals surface area contributed by atoms with Crippen LogP contribution in [-0.2, 0) is 0 Å². The SMILES string of the molecule is C=C(/C=C\C)c1cnc(OC)nc1OC. The van der Waals surface area contributed by atoms with Crippen LogP contribution in [0, 0.1) is 0 Å². The second-order valence-electron chi connectivity index (χ2n) is 2.80. The van der Waals surface area contributed by atoms with Crippen LogP contribution in [0.1, 0.15) is 12.5 Å². The third-order valence-corrected chi connectivity index (χ3v) is 1.82. The first kappa shape index (κ1) is 11.2. The lowest BCUT2D eigenvalue weighted by Gasteiger charge is -2.07. The van der Waals surface area contributed by atoms with Gasteiger partial charge in [-0.15, -0.1) is 0 Å². The van der Waals surface area contributed by atoms with Crippen LogP contribution in [0.15, 0.2) is 24.9 Å². The third-order valence-electron chi connectivity index (χ3n) is 1.82. The molecule has 80 valence electrons. The molecule has 1 heterocycles. The van der Waals surface area contributed by atoms with Crippen molar-refractivity contribution in [3.8, 4) is 11.9 Å². The van der Waals surface area contributed by atoms with Gasteiger partial charge >= 0.3 is 6.01 Å². The van der Waals surface area contributed by atoms with E-state index >= 15 is 0 Å². The van der Waals surface area contributed by atoms with Gasteiger partial charge < -0.3 is 9.47 Å². The maximum atomic E-state index is 5.13. The van der Waals surface area contributed by atoms with Gasteiger partial charge in [0.2, 0.25) is 5.88 Å². The number of hydrogen-bond donors (Lipinski definition) is 0. The molecule has 0 amide bonds. The second-order valence-corrected chi connectivity index (χ2v) is 2.80. The van der Waals surface area contributed by atoms with E-state index in [0.29, 0.717) is 5.88 Å². The molecule has 0 aromatic carbocycles. The summed E-state index contributed by atoms with van der Waals surface area (Å²) in [5.74, 6) is 0.463. The Kier molecular flexibility index (Phi) is 3.85. The van der Waals surface area contributed by atoms with E-state index in [1.807, 2.05) is 19.1 Å². The number of ether oxygens (including phenoxy) is 2. The van der Waals surface area contributed by atoms with Crippen LogP contribution in [0.3, 0.4) is 0 Å². The molecule has 0 N–H and O–H groups in total. The van der Waals surface area contributed by atoms with Gasteiger partial charge in [0, 0.05) is 6.20 Å². The highest BCUT2D eigenvalue weighted by Gasteiger charge is 2.08. The van der Waals surface area contributed by atoms with Gasteiger partial charge in [0.25, 0.3) is 0 Å². The summed E-state index contributed by atoms with van der Waals surface area (Å²) in [6.45, 7) is 5.81. The van der Waals surface area contributed by atoms with Gasteiger partial charge in [-0.2, -0.15) is 4.98 Å². The lowest BCUT2D eigenvalue weighted by molar-refractivity contribution is 0.351. The van der Waals surface area contributed by atoms with Crippen LogP contribution in [0.2, 0.25) is 0 Å². The molecule has 1 aromatic rings. The van der Waals surface area contributed by atoms with Crippen LogP contribution in [0.25, 0.3) is 5.57 Å². The average Bonchev–Trinajstić information content (AvgIpc) is 2.28. The first-order valence-corrected chi connectivity index (χ1v) is 4.50. The maximum Gasteiger partial charge on any atom is 0.319 e. The Balaban J connectivity index is 3.12. The van der Waals surface area contributed by atoms with E-state index in [-0.39, 0.29) is 6.01 Å². The summed E-state index contributed by atoms with van der Waals surface area (Å²) in [6, 6.07) is 0.281. The van der Waals surface area contributed by atoms with Crippen LogP contribution >= 0.6 is 0 Å². The van der Waals surface area contributed by atoms with Crippen LogP contribution in [0.5, 0.6) is 11.9 Å². The van der Waals surface area contributed by atoms with Gasteiger partial charge in [0.05, 0.1) is 19.8 Å². The maximum absolute atomic E-state index is 5.13. The molecule has 4 heteroatoms. The number of nitrogens with zero attached hydrogens (tertiary/aromatic N) is 2. The smallest absolute Gasteiger partial charge is 0.319 e. The molecule has 4 nitrogen and oxygen atoms in total. The Morgan fingerprint density at radius 1 is 1.40 bits per heavy atom. The van der Waals surface area contributed by atoms with E-state index < -0.39 is 0 Å². The minimum atomic E-state index is 0.281. The van der Waals surface area contributed by atoms with Crippen molar-refractivity contribution in [2.24, 2.45) is 0 Å². The first-order chi connectivity index (χ1) is 7.22. The van der Waals surface area contributed by atoms with E-state index in [9.17, 15) is 0 Å². The fourth-order valence-electron chi connectivity index (χ4n) is 1.12. The lowest BCUT2D eigenvalue weighted by Crippen LogP contribution is -1.98. The van der Waals surface area contributed by atoms with Gasteiger partial charge in [-0.05, 0) is 12.5 Å². The van der Waals surface area contributed by atoms with Crippen molar-refractivity contribution in [3.63, 3.8) is 0 Å². The van der Waals surface area contributed by atoms with Crippen LogP contribution in [0.4, 0.5) is 0 Å². The van der Waals surface area contributed by atoms with Gasteiger partial charge in [-0.25, -0.2) is 4.98 Å². The standard InChI is InChI=1S/C11H14N2O2/c1-5-6-8(2)9-7-12-11(15-4)13-10(9)14-3/h5-7H,2H2,1,3-4H3/b6-5-. The van der Waals surface area contributed by atoms with Gasteiger partial charge in [0.15, 0.2) is 0 Å². The summed E-state index contributed by atoms with van der Waals surface area (Å²) >= 11 is 0. The highest BCUT2D eigenvalue weighted by atomic mass is 16.5. The molecule has 1 aromatic heterocycles. The molecule has 0 unspecified atom stereocenters. The molecule has 0 saturated carbocycles. The number of methoxy groups -OCH3 is 2. The quantitative estimate of drug-likeness (QED) is 0.707. The summed E-state index contributed by atoms with van der Waals surface area (Å²) in [4.78, 5) is 8.06. The highest BCUT2D eigenvalue weighted by Crippen LogP contribution is 2.24. The van der Waals surface area contributed by atoms with Crippen molar-refractivity contribution in [2.45, 2.75) is 6.92 Å². The van der Waals surface area contributed by atoms with E-state index in [4.69, 9.17) is 9.47 Å². The highest BCUT2D eigenvalue weighted by molar-refractivity contribution is 5.74. The number of aromatic nitrogens is 2. The Morgan fingerprint density at radius 2 is 2.13 bits per heavy atom. The number of hydrogen-bond acceptors (Lipinski definition) is 4. The lowest BCUT2D eigenvalue weighted by atomic mass is 10.1. The Labute approximate surface area is 89.3 Å².